The van der Waals surface area contributed by atoms with E-state index < -0.39 is 4.92 Å². The number of nitro groups is 1. The van der Waals surface area contributed by atoms with Gasteiger partial charge in [0.2, 0.25) is 0 Å². The summed E-state index contributed by atoms with van der Waals surface area (Å²) in [5.74, 6) is 0.306. The van der Waals surface area contributed by atoms with Crippen molar-refractivity contribution in [2.45, 2.75) is 32.1 Å². The van der Waals surface area contributed by atoms with Gasteiger partial charge >= 0.3 is 0 Å². The lowest BCUT2D eigenvalue weighted by Crippen LogP contribution is -2.26. The van der Waals surface area contributed by atoms with E-state index in [-0.39, 0.29) is 17.2 Å². The first-order chi connectivity index (χ1) is 10.1. The van der Waals surface area contributed by atoms with Crippen LogP contribution in [0.1, 0.15) is 42.5 Å². The number of anilines is 1. The van der Waals surface area contributed by atoms with E-state index in [9.17, 15) is 14.9 Å². The first-order valence-corrected chi connectivity index (χ1v) is 7.36. The summed E-state index contributed by atoms with van der Waals surface area (Å²) in [4.78, 5) is 22.7. The molecule has 1 aliphatic rings. The van der Waals surface area contributed by atoms with Gasteiger partial charge in [-0.3, -0.25) is 14.9 Å². The van der Waals surface area contributed by atoms with Crippen LogP contribution in [0.15, 0.2) is 18.2 Å². The number of carbonyl (C=O) groups is 1. The first-order valence-electron chi connectivity index (χ1n) is 7.36. The molecule has 114 valence electrons. The molecule has 0 aromatic heterocycles. The molecule has 6 nitrogen and oxygen atoms in total. The molecule has 0 bridgehead atoms. The monoisotopic (exact) mass is 291 g/mol. The van der Waals surface area contributed by atoms with Crippen molar-refractivity contribution in [1.82, 2.24) is 5.32 Å². The molecule has 0 unspecified atom stereocenters. The SMILES string of the molecule is CNc1ccc([N+](=O)[O-])c(C(=O)NCCC2CCCC2)c1. The maximum absolute atomic E-state index is 12.2. The summed E-state index contributed by atoms with van der Waals surface area (Å²) < 4.78 is 0. The summed E-state index contributed by atoms with van der Waals surface area (Å²) >= 11 is 0. The topological polar surface area (TPSA) is 84.3 Å². The van der Waals surface area contributed by atoms with Gasteiger partial charge in [-0.1, -0.05) is 25.7 Å². The van der Waals surface area contributed by atoms with E-state index >= 15 is 0 Å². The molecule has 1 aromatic rings. The van der Waals surface area contributed by atoms with E-state index in [1.807, 2.05) is 0 Å². The summed E-state index contributed by atoms with van der Waals surface area (Å²) in [7, 11) is 1.71. The number of amides is 1. The second kappa shape index (κ2) is 7.06. The van der Waals surface area contributed by atoms with Crippen LogP contribution in [-0.2, 0) is 0 Å². The Morgan fingerprint density at radius 1 is 1.38 bits per heavy atom. The van der Waals surface area contributed by atoms with Crippen LogP contribution in [0.25, 0.3) is 0 Å². The maximum atomic E-state index is 12.2. The highest BCUT2D eigenvalue weighted by atomic mass is 16.6. The number of nitrogens with zero attached hydrogens (tertiary/aromatic N) is 1. The second-order valence-electron chi connectivity index (χ2n) is 5.43. The van der Waals surface area contributed by atoms with Gasteiger partial charge in [-0.25, -0.2) is 0 Å². The third-order valence-electron chi connectivity index (χ3n) is 4.04. The predicted molar refractivity (Wildman–Crippen MR) is 81.6 cm³/mol. The van der Waals surface area contributed by atoms with Gasteiger partial charge in [0.1, 0.15) is 5.56 Å². The normalized spacial score (nSPS) is 14.9. The molecule has 1 aliphatic carbocycles. The average molecular weight is 291 g/mol. The van der Waals surface area contributed by atoms with Crippen molar-refractivity contribution in [2.75, 3.05) is 18.9 Å². The Balaban J connectivity index is 2.00. The smallest absolute Gasteiger partial charge is 0.282 e. The van der Waals surface area contributed by atoms with Crippen LogP contribution in [0.2, 0.25) is 0 Å². The van der Waals surface area contributed by atoms with Crippen LogP contribution >= 0.6 is 0 Å². The molecule has 0 heterocycles. The minimum atomic E-state index is -0.522. The molecular weight excluding hydrogens is 270 g/mol. The van der Waals surface area contributed by atoms with Gasteiger partial charge < -0.3 is 10.6 Å². The molecule has 0 saturated heterocycles. The van der Waals surface area contributed by atoms with Gasteiger partial charge in [-0.15, -0.1) is 0 Å². The van der Waals surface area contributed by atoms with Crippen LogP contribution in [0, 0.1) is 16.0 Å². The lowest BCUT2D eigenvalue weighted by Gasteiger charge is -2.10. The largest absolute Gasteiger partial charge is 0.388 e. The van der Waals surface area contributed by atoms with Gasteiger partial charge in [0.05, 0.1) is 4.92 Å². The van der Waals surface area contributed by atoms with Crippen LogP contribution in [0.5, 0.6) is 0 Å². The van der Waals surface area contributed by atoms with Crippen molar-refractivity contribution < 1.29 is 9.72 Å². The molecule has 21 heavy (non-hydrogen) atoms. The van der Waals surface area contributed by atoms with E-state index in [1.165, 1.54) is 37.8 Å². The fraction of sp³-hybridized carbons (Fsp3) is 0.533. The predicted octanol–water partition coefficient (Wildman–Crippen LogP) is 2.95. The minimum absolute atomic E-state index is 0.110. The van der Waals surface area contributed by atoms with Crippen molar-refractivity contribution in [1.29, 1.82) is 0 Å². The van der Waals surface area contributed by atoms with Crippen LogP contribution < -0.4 is 10.6 Å². The Hall–Kier alpha value is -2.11. The Kier molecular flexibility index (Phi) is 5.14. The van der Waals surface area contributed by atoms with Crippen LogP contribution in [0.3, 0.4) is 0 Å². The Morgan fingerprint density at radius 3 is 2.71 bits per heavy atom. The van der Waals surface area contributed by atoms with Gasteiger partial charge in [0.15, 0.2) is 0 Å². The summed E-state index contributed by atoms with van der Waals surface area (Å²) in [5.41, 5.74) is 0.632. The van der Waals surface area contributed by atoms with E-state index in [0.717, 1.165) is 6.42 Å². The zero-order chi connectivity index (χ0) is 15.2. The molecule has 1 amide bonds. The molecule has 0 aliphatic heterocycles. The van der Waals surface area contributed by atoms with E-state index in [2.05, 4.69) is 10.6 Å². The summed E-state index contributed by atoms with van der Waals surface area (Å²) in [6, 6.07) is 4.47. The van der Waals surface area contributed by atoms with Crippen LogP contribution in [0.4, 0.5) is 11.4 Å². The molecule has 6 heteroatoms. The molecule has 1 saturated carbocycles. The van der Waals surface area contributed by atoms with E-state index in [0.29, 0.717) is 18.2 Å². The number of rotatable bonds is 6. The Labute approximate surface area is 124 Å². The third-order valence-corrected chi connectivity index (χ3v) is 4.04. The van der Waals surface area contributed by atoms with Crippen molar-refractivity contribution in [3.63, 3.8) is 0 Å². The molecule has 1 fully saturated rings. The first kappa shape index (κ1) is 15.3. The molecule has 2 N–H and O–H groups in total. The summed E-state index contributed by atoms with van der Waals surface area (Å²) in [6.07, 6.45) is 5.95. The van der Waals surface area contributed by atoms with Gasteiger partial charge in [-0.2, -0.15) is 0 Å². The van der Waals surface area contributed by atoms with E-state index in [1.54, 1.807) is 13.1 Å². The van der Waals surface area contributed by atoms with Crippen molar-refractivity contribution >= 4 is 17.3 Å². The minimum Gasteiger partial charge on any atom is -0.388 e. The number of benzene rings is 1. The highest BCUT2D eigenvalue weighted by molar-refractivity contribution is 5.99. The molecule has 2 rings (SSSR count). The highest BCUT2D eigenvalue weighted by Gasteiger charge is 2.21. The number of carbonyl (C=O) groups excluding carboxylic acids is 1. The van der Waals surface area contributed by atoms with Crippen molar-refractivity contribution in [3.8, 4) is 0 Å². The van der Waals surface area contributed by atoms with Crippen molar-refractivity contribution in [3.05, 3.63) is 33.9 Å². The Morgan fingerprint density at radius 2 is 2.10 bits per heavy atom. The number of nitrogens with one attached hydrogen (secondary N) is 2. The standard InChI is InChI=1S/C15H21N3O3/c1-16-12-6-7-14(18(20)21)13(10-12)15(19)17-9-8-11-4-2-3-5-11/h6-7,10-11,16H,2-5,8-9H2,1H3,(H,17,19). The highest BCUT2D eigenvalue weighted by Crippen LogP contribution is 2.27. The average Bonchev–Trinajstić information content (AvgIpc) is 2.99. The molecule has 0 atom stereocenters. The van der Waals surface area contributed by atoms with Gasteiger partial charge in [0, 0.05) is 25.3 Å². The lowest BCUT2D eigenvalue weighted by molar-refractivity contribution is -0.385. The zero-order valence-electron chi connectivity index (χ0n) is 12.2. The Bertz CT molecular complexity index is 525. The third kappa shape index (κ3) is 3.93. The van der Waals surface area contributed by atoms with Gasteiger partial charge in [0.25, 0.3) is 11.6 Å². The molecule has 1 aromatic carbocycles. The van der Waals surface area contributed by atoms with Crippen molar-refractivity contribution in [2.24, 2.45) is 5.92 Å². The maximum Gasteiger partial charge on any atom is 0.282 e. The molecular formula is C15H21N3O3. The second-order valence-corrected chi connectivity index (χ2v) is 5.43. The molecule has 0 spiro atoms. The fourth-order valence-corrected chi connectivity index (χ4v) is 2.82. The summed E-state index contributed by atoms with van der Waals surface area (Å²) in [5, 5.41) is 16.7. The summed E-state index contributed by atoms with van der Waals surface area (Å²) in [6.45, 7) is 0.574. The lowest BCUT2D eigenvalue weighted by atomic mass is 10.0. The molecule has 0 radical (unpaired) electrons. The fourth-order valence-electron chi connectivity index (χ4n) is 2.82. The van der Waals surface area contributed by atoms with E-state index in [4.69, 9.17) is 0 Å². The van der Waals surface area contributed by atoms with Gasteiger partial charge in [-0.05, 0) is 24.5 Å². The zero-order valence-corrected chi connectivity index (χ0v) is 12.2. The quantitative estimate of drug-likeness (QED) is 0.623. The number of nitro benzene ring substituents is 1. The number of hydrogen-bond donors (Lipinski definition) is 2. The number of hydrogen-bond acceptors (Lipinski definition) is 4. The van der Waals surface area contributed by atoms with Crippen LogP contribution in [-0.4, -0.2) is 24.4 Å².